The summed E-state index contributed by atoms with van der Waals surface area (Å²) in [5, 5.41) is 1.53. The van der Waals surface area contributed by atoms with Gasteiger partial charge in [-0.25, -0.2) is 0 Å². The molecule has 130 valence electrons. The molecule has 0 radical (unpaired) electrons. The van der Waals surface area contributed by atoms with Gasteiger partial charge < -0.3 is 6.16 Å². The molecule has 0 spiro atoms. The second-order valence-corrected chi connectivity index (χ2v) is 8.62. The fourth-order valence-corrected chi connectivity index (χ4v) is 4.14. The maximum atomic E-state index is 12.8. The smallest absolute Gasteiger partial charge is 1.00 e. The summed E-state index contributed by atoms with van der Waals surface area (Å²) in [5.41, 5.74) is 4.16. The van der Waals surface area contributed by atoms with E-state index in [1.54, 1.807) is 25.3 Å². The van der Waals surface area contributed by atoms with Crippen molar-refractivity contribution in [2.75, 3.05) is 7.11 Å². The molecule has 1 unspecified atom stereocenters. The molecule has 0 N–H and O–H groups in total. The third-order valence-electron chi connectivity index (χ3n) is 4.06. The molecule has 5 heteroatoms. The van der Waals surface area contributed by atoms with Crippen LogP contribution in [0, 0.1) is 13.8 Å². The van der Waals surface area contributed by atoms with Crippen LogP contribution in [0.15, 0.2) is 30.3 Å². The Morgan fingerprint density at radius 1 is 1.16 bits per heavy atom. The Morgan fingerprint density at radius 3 is 2.20 bits per heavy atom. The first-order chi connectivity index (χ1) is 11.1. The van der Waals surface area contributed by atoms with Crippen LogP contribution in [0.25, 0.3) is 0 Å². The van der Waals surface area contributed by atoms with Gasteiger partial charge >= 0.3 is 18.9 Å². The van der Waals surface area contributed by atoms with Crippen LogP contribution < -0.4 is 28.9 Å². The van der Waals surface area contributed by atoms with E-state index in [-0.39, 0.29) is 39.8 Å². The molecule has 0 saturated carbocycles. The zero-order chi connectivity index (χ0) is 18.1. The van der Waals surface area contributed by atoms with Gasteiger partial charge in [0.1, 0.15) is 5.75 Å². The van der Waals surface area contributed by atoms with Gasteiger partial charge in [0, 0.05) is 0 Å². The van der Waals surface area contributed by atoms with E-state index in [1.165, 1.54) is 5.56 Å². The Morgan fingerprint density at radius 2 is 1.72 bits per heavy atom. The zero-order valence-corrected chi connectivity index (χ0v) is 17.8. The fourth-order valence-electron chi connectivity index (χ4n) is 2.66. The van der Waals surface area contributed by atoms with Gasteiger partial charge in [-0.05, 0) is 62.0 Å². The summed E-state index contributed by atoms with van der Waals surface area (Å²) in [6.07, 6.45) is 0. The summed E-state index contributed by atoms with van der Waals surface area (Å²) in [4.78, 5) is 12.8. The number of ether oxygens (including phenoxy) is 1. The van der Waals surface area contributed by atoms with Gasteiger partial charge in [0.25, 0.3) is 0 Å². The minimum absolute atomic E-state index is 0. The molecular weight excluding hydrogens is 346 g/mol. The van der Waals surface area contributed by atoms with Gasteiger partial charge in [-0.15, -0.1) is 0 Å². The molecule has 0 heterocycles. The average Bonchev–Trinajstić information content (AvgIpc) is 2.49. The quantitative estimate of drug-likeness (QED) is 0.610. The molecule has 2 aromatic carbocycles. The van der Waals surface area contributed by atoms with E-state index in [2.05, 4.69) is 46.8 Å². The van der Waals surface area contributed by atoms with Crippen molar-refractivity contribution >= 4 is 31.0 Å². The number of hydrogen-bond acceptors (Lipinski definition) is 2. The molecule has 0 aliphatic rings. The van der Waals surface area contributed by atoms with Gasteiger partial charge in [-0.3, -0.25) is 4.79 Å². The van der Waals surface area contributed by atoms with Crippen LogP contribution >= 0.6 is 20.2 Å². The van der Waals surface area contributed by atoms with Crippen molar-refractivity contribution in [1.82, 2.24) is 0 Å². The van der Waals surface area contributed by atoms with Crippen molar-refractivity contribution in [2.24, 2.45) is 0 Å². The number of benzene rings is 2. The summed E-state index contributed by atoms with van der Waals surface area (Å²) >= 11 is 6.24. The summed E-state index contributed by atoms with van der Waals surface area (Å²) in [7, 11) is 1.58. The molecule has 0 aliphatic heterocycles. The number of hydrogen-bond donors (Lipinski definition) is 0. The van der Waals surface area contributed by atoms with Crippen molar-refractivity contribution < 1.29 is 29.8 Å². The van der Waals surface area contributed by atoms with Crippen molar-refractivity contribution in [3.8, 4) is 5.75 Å². The topological polar surface area (TPSA) is 26.3 Å². The first kappa shape index (κ1) is 22.3. The molecule has 0 fully saturated rings. The number of rotatable bonds is 4. The van der Waals surface area contributed by atoms with Crippen molar-refractivity contribution in [1.29, 1.82) is 0 Å². The summed E-state index contributed by atoms with van der Waals surface area (Å²) in [6.45, 7) is 10.7. The second-order valence-electron chi connectivity index (χ2n) is 7.01. The van der Waals surface area contributed by atoms with Crippen LogP contribution in [0.3, 0.4) is 0 Å². The van der Waals surface area contributed by atoms with Crippen LogP contribution in [-0.2, 0) is 5.41 Å². The molecule has 0 aromatic heterocycles. The second kappa shape index (κ2) is 8.74. The molecule has 2 nitrogen and oxygen atoms in total. The first-order valence-corrected chi connectivity index (χ1v) is 9.28. The molecule has 25 heavy (non-hydrogen) atoms. The average molecular weight is 371 g/mol. The van der Waals surface area contributed by atoms with Crippen LogP contribution in [-0.4, -0.2) is 12.6 Å². The summed E-state index contributed by atoms with van der Waals surface area (Å²) in [5.74, 6) is 0.529. The van der Waals surface area contributed by atoms with Crippen molar-refractivity contribution in [3.63, 3.8) is 0 Å². The Hall–Kier alpha value is -0.773. The van der Waals surface area contributed by atoms with Crippen LogP contribution in [0.2, 0.25) is 5.02 Å². The van der Waals surface area contributed by atoms with E-state index in [4.69, 9.17) is 16.3 Å². The molecule has 0 bridgehead atoms. The standard InChI is InChI=1S/C20H24ClO2P.Li.H/c1-12-10-14(20(3,4)5)11-13(2)18(12)24-19(22)17-15(21)8-7-9-16(17)23-6;;/h7-11,24H,1-6H3;;/q;+1;-1. The number of halogens is 1. The Balaban J connectivity index is 0.00000312. The number of methoxy groups -OCH3 is 1. The first-order valence-electron chi connectivity index (χ1n) is 7.90. The van der Waals surface area contributed by atoms with E-state index in [1.807, 2.05) is 0 Å². The third kappa shape index (κ3) is 5.12. The van der Waals surface area contributed by atoms with E-state index in [9.17, 15) is 4.79 Å². The van der Waals surface area contributed by atoms with Crippen LogP contribution in [0.5, 0.6) is 5.75 Å². The van der Waals surface area contributed by atoms with Gasteiger partial charge in [-0.1, -0.05) is 50.6 Å². The van der Waals surface area contributed by atoms with E-state index in [0.29, 0.717) is 16.3 Å². The molecule has 2 aromatic rings. The maximum Gasteiger partial charge on any atom is 1.00 e. The molecule has 2 rings (SSSR count). The largest absolute Gasteiger partial charge is 1.00 e. The van der Waals surface area contributed by atoms with Crippen molar-refractivity contribution in [2.45, 2.75) is 40.0 Å². The third-order valence-corrected chi connectivity index (χ3v) is 5.89. The SMILES string of the molecule is COc1cccc(Cl)c1C(=O)Pc1c(C)cc(C(C)(C)C)cc1C.[H-].[Li+]. The Labute approximate surface area is 171 Å². The predicted molar refractivity (Wildman–Crippen MR) is 106 cm³/mol. The minimum atomic E-state index is 0. The minimum Gasteiger partial charge on any atom is -1.00 e. The number of aryl methyl sites for hydroxylation is 2. The molecule has 0 amide bonds. The van der Waals surface area contributed by atoms with Gasteiger partial charge in [0.05, 0.1) is 17.7 Å². The van der Waals surface area contributed by atoms with Crippen LogP contribution in [0.1, 0.15) is 49.2 Å². The monoisotopic (exact) mass is 370 g/mol. The number of carbonyl (C=O) groups excluding carboxylic acids is 1. The molecule has 1 atom stereocenters. The fraction of sp³-hybridized carbons (Fsp3) is 0.350. The molecule has 0 aliphatic carbocycles. The van der Waals surface area contributed by atoms with E-state index < -0.39 is 0 Å². The Bertz CT molecular complexity index is 765. The predicted octanol–water partition coefficient (Wildman–Crippen LogP) is 2.52. The number of carbonyl (C=O) groups is 1. The maximum absolute atomic E-state index is 12.8. The zero-order valence-electron chi connectivity index (χ0n) is 17.1. The van der Waals surface area contributed by atoms with Gasteiger partial charge in [0.2, 0.25) is 0 Å². The summed E-state index contributed by atoms with van der Waals surface area (Å²) < 4.78 is 5.31. The molecular formula is C20H25ClLiO2P. The molecule has 0 saturated heterocycles. The van der Waals surface area contributed by atoms with Gasteiger partial charge in [0.15, 0.2) is 5.52 Å². The summed E-state index contributed by atoms with van der Waals surface area (Å²) in [6, 6.07) is 9.66. The van der Waals surface area contributed by atoms with Crippen LogP contribution in [0.4, 0.5) is 0 Å². The normalized spacial score (nSPS) is 11.5. The van der Waals surface area contributed by atoms with E-state index in [0.717, 1.165) is 16.4 Å². The van der Waals surface area contributed by atoms with E-state index >= 15 is 0 Å². The van der Waals surface area contributed by atoms with Gasteiger partial charge in [-0.2, -0.15) is 0 Å². The Kier molecular flexibility index (Phi) is 7.79. The van der Waals surface area contributed by atoms with Crippen molar-refractivity contribution in [3.05, 3.63) is 57.6 Å².